The molecule has 2 heterocycles. The van der Waals surface area contributed by atoms with Gasteiger partial charge in [-0.3, -0.25) is 4.79 Å². The van der Waals surface area contributed by atoms with E-state index in [-0.39, 0.29) is 19.3 Å². The molecule has 33 heavy (non-hydrogen) atoms. The first-order valence-electron chi connectivity index (χ1n) is 10.7. The Hall–Kier alpha value is -1.90. The minimum absolute atomic E-state index is 0.101. The minimum atomic E-state index is -0.104. The van der Waals surface area contributed by atoms with Gasteiger partial charge in [0, 0.05) is 40.8 Å². The zero-order valence-electron chi connectivity index (χ0n) is 18.2. The number of piperidine rings is 1. The summed E-state index contributed by atoms with van der Waals surface area (Å²) in [7, 11) is 1.56. The van der Waals surface area contributed by atoms with E-state index < -0.39 is 0 Å². The molecular formula is C24H24BrCl2N3O3. The van der Waals surface area contributed by atoms with Crippen molar-refractivity contribution in [2.24, 2.45) is 0 Å². The fraction of sp³-hybridized carbons (Fsp3) is 0.333. The van der Waals surface area contributed by atoms with Crippen molar-refractivity contribution in [3.05, 3.63) is 68.2 Å². The largest absolute Gasteiger partial charge is 0.359 e. The number of hydrogen-bond donors (Lipinski definition) is 0. The zero-order chi connectivity index (χ0) is 23.4. The lowest BCUT2D eigenvalue weighted by Gasteiger charge is -2.26. The zero-order valence-corrected chi connectivity index (χ0v) is 21.3. The smallest absolute Gasteiger partial charge is 0.274 e. The average molecular weight is 553 g/mol. The number of benzene rings is 2. The maximum Gasteiger partial charge on any atom is 0.274 e. The summed E-state index contributed by atoms with van der Waals surface area (Å²) < 4.78 is 13.5. The number of carbonyl (C=O) groups is 1. The molecule has 0 N–H and O–H groups in total. The molecule has 3 aromatic rings. The van der Waals surface area contributed by atoms with Crippen molar-refractivity contribution < 1.29 is 14.3 Å². The van der Waals surface area contributed by atoms with E-state index in [9.17, 15) is 4.79 Å². The second-order valence-electron chi connectivity index (χ2n) is 7.80. The summed E-state index contributed by atoms with van der Waals surface area (Å²) in [6, 6.07) is 13.0. The van der Waals surface area contributed by atoms with Crippen molar-refractivity contribution in [3.63, 3.8) is 0 Å². The molecule has 0 spiro atoms. The van der Waals surface area contributed by atoms with Gasteiger partial charge in [-0.05, 0) is 49.6 Å². The monoisotopic (exact) mass is 551 g/mol. The fourth-order valence-electron chi connectivity index (χ4n) is 3.96. The highest BCUT2D eigenvalue weighted by atomic mass is 79.9. The van der Waals surface area contributed by atoms with Gasteiger partial charge in [-0.15, -0.1) is 0 Å². The number of ether oxygens (including phenoxy) is 2. The Balaban J connectivity index is 1.91. The van der Waals surface area contributed by atoms with E-state index in [2.05, 4.69) is 15.9 Å². The van der Waals surface area contributed by atoms with Gasteiger partial charge in [0.2, 0.25) is 0 Å². The molecule has 1 aromatic heterocycles. The van der Waals surface area contributed by atoms with Crippen molar-refractivity contribution >= 4 is 45.0 Å². The van der Waals surface area contributed by atoms with Crippen molar-refractivity contribution in [1.82, 2.24) is 14.7 Å². The molecule has 0 saturated carbocycles. The number of carbonyl (C=O) groups excluding carboxylic acids is 1. The Labute approximate surface area is 211 Å². The third-order valence-corrected chi connectivity index (χ3v) is 6.60. The lowest BCUT2D eigenvalue weighted by molar-refractivity contribution is -0.0391. The Kier molecular flexibility index (Phi) is 8.09. The lowest BCUT2D eigenvalue weighted by atomic mass is 10.0. The summed E-state index contributed by atoms with van der Waals surface area (Å²) in [4.78, 5) is 15.4. The summed E-state index contributed by atoms with van der Waals surface area (Å²) in [5.41, 5.74) is 3.30. The van der Waals surface area contributed by atoms with Crippen LogP contribution in [0.2, 0.25) is 10.0 Å². The van der Waals surface area contributed by atoms with Crippen LogP contribution in [0.15, 0.2) is 46.9 Å². The highest BCUT2D eigenvalue weighted by Crippen LogP contribution is 2.34. The van der Waals surface area contributed by atoms with Gasteiger partial charge in [0.05, 0.1) is 23.0 Å². The molecular weight excluding hydrogens is 529 g/mol. The normalized spacial score (nSPS) is 14.0. The number of amides is 1. The van der Waals surface area contributed by atoms with Crippen LogP contribution in [0, 0.1) is 0 Å². The molecule has 9 heteroatoms. The van der Waals surface area contributed by atoms with Gasteiger partial charge in [-0.25, -0.2) is 4.68 Å². The number of aromatic nitrogens is 2. The topological polar surface area (TPSA) is 56.6 Å². The Bertz CT molecular complexity index is 1130. The second-order valence-corrected chi connectivity index (χ2v) is 9.56. The van der Waals surface area contributed by atoms with Gasteiger partial charge >= 0.3 is 0 Å². The SMILES string of the molecule is COCOCc1c(C(=O)N2CCCCC2)nn(-c2ccc(Cl)cc2Cl)c1-c1ccc(Br)cc1. The van der Waals surface area contributed by atoms with E-state index in [1.807, 2.05) is 29.2 Å². The first kappa shape index (κ1) is 24.2. The number of rotatable bonds is 7. The molecule has 6 nitrogen and oxygen atoms in total. The fourth-order valence-corrected chi connectivity index (χ4v) is 4.72. The number of hydrogen-bond acceptors (Lipinski definition) is 4. The molecule has 1 fully saturated rings. The standard InChI is InChI=1S/C24H24BrCl2N3O3/c1-32-15-33-14-19-22(24(31)29-11-3-2-4-12-29)28-30(21-10-9-18(26)13-20(21)27)23(19)16-5-7-17(25)8-6-16/h5-10,13H,2-4,11-12,14-15H2,1H3. The van der Waals surface area contributed by atoms with Crippen LogP contribution in [0.5, 0.6) is 0 Å². The van der Waals surface area contributed by atoms with Crippen molar-refractivity contribution in [1.29, 1.82) is 0 Å². The van der Waals surface area contributed by atoms with Crippen molar-refractivity contribution in [2.45, 2.75) is 25.9 Å². The molecule has 0 bridgehead atoms. The third-order valence-electron chi connectivity index (χ3n) is 5.53. The molecule has 1 aliphatic rings. The predicted octanol–water partition coefficient (Wildman–Crippen LogP) is 6.36. The number of likely N-dealkylation sites (tertiary alicyclic amines) is 1. The van der Waals surface area contributed by atoms with Gasteiger partial charge in [-0.2, -0.15) is 5.10 Å². The molecule has 0 unspecified atom stereocenters. The van der Waals surface area contributed by atoms with Crippen LogP contribution in [-0.4, -0.2) is 47.6 Å². The van der Waals surface area contributed by atoms with E-state index in [4.69, 9.17) is 37.8 Å². The summed E-state index contributed by atoms with van der Waals surface area (Å²) in [5.74, 6) is -0.104. The average Bonchev–Trinajstić information content (AvgIpc) is 3.19. The predicted molar refractivity (Wildman–Crippen MR) is 133 cm³/mol. The van der Waals surface area contributed by atoms with Crippen LogP contribution in [0.25, 0.3) is 16.9 Å². The summed E-state index contributed by atoms with van der Waals surface area (Å²) in [6.45, 7) is 1.71. The van der Waals surface area contributed by atoms with E-state index in [1.54, 1.807) is 30.0 Å². The summed E-state index contributed by atoms with van der Waals surface area (Å²) in [5, 5.41) is 5.75. The summed E-state index contributed by atoms with van der Waals surface area (Å²) >= 11 is 16.2. The van der Waals surface area contributed by atoms with E-state index in [1.165, 1.54) is 0 Å². The van der Waals surface area contributed by atoms with Gasteiger partial charge in [0.1, 0.15) is 6.79 Å². The maximum absolute atomic E-state index is 13.6. The molecule has 4 rings (SSSR count). The number of nitrogens with zero attached hydrogens (tertiary/aromatic N) is 3. The Morgan fingerprint density at radius 2 is 1.82 bits per heavy atom. The van der Waals surface area contributed by atoms with Gasteiger partial charge in [0.25, 0.3) is 5.91 Å². The Morgan fingerprint density at radius 3 is 2.48 bits per heavy atom. The first-order valence-corrected chi connectivity index (χ1v) is 12.2. The molecule has 1 saturated heterocycles. The highest BCUT2D eigenvalue weighted by molar-refractivity contribution is 9.10. The van der Waals surface area contributed by atoms with Crippen LogP contribution in [-0.2, 0) is 16.1 Å². The molecule has 0 atom stereocenters. The van der Waals surface area contributed by atoms with Crippen LogP contribution in [0.3, 0.4) is 0 Å². The van der Waals surface area contributed by atoms with Gasteiger partial charge in [0.15, 0.2) is 5.69 Å². The van der Waals surface area contributed by atoms with Gasteiger partial charge < -0.3 is 14.4 Å². The second kappa shape index (κ2) is 11.0. The highest BCUT2D eigenvalue weighted by Gasteiger charge is 2.29. The van der Waals surface area contributed by atoms with Gasteiger partial charge in [-0.1, -0.05) is 51.3 Å². The quantitative estimate of drug-likeness (QED) is 0.253. The molecule has 1 aliphatic heterocycles. The van der Waals surface area contributed by atoms with Crippen LogP contribution < -0.4 is 0 Å². The van der Waals surface area contributed by atoms with Crippen LogP contribution in [0.1, 0.15) is 35.3 Å². The molecule has 174 valence electrons. The van der Waals surface area contributed by atoms with E-state index in [0.29, 0.717) is 27.0 Å². The third kappa shape index (κ3) is 5.44. The number of methoxy groups -OCH3 is 1. The molecule has 0 radical (unpaired) electrons. The Morgan fingerprint density at radius 1 is 1.09 bits per heavy atom. The van der Waals surface area contributed by atoms with E-state index in [0.717, 1.165) is 48.1 Å². The van der Waals surface area contributed by atoms with Crippen molar-refractivity contribution in [3.8, 4) is 16.9 Å². The first-order chi connectivity index (χ1) is 16.0. The minimum Gasteiger partial charge on any atom is -0.359 e. The molecule has 1 amide bonds. The molecule has 0 aliphatic carbocycles. The summed E-state index contributed by atoms with van der Waals surface area (Å²) in [6.07, 6.45) is 3.11. The van der Waals surface area contributed by atoms with Crippen molar-refractivity contribution in [2.75, 3.05) is 27.0 Å². The van der Waals surface area contributed by atoms with Crippen LogP contribution in [0.4, 0.5) is 0 Å². The maximum atomic E-state index is 13.6. The molecule has 2 aromatic carbocycles. The number of halogens is 3. The lowest BCUT2D eigenvalue weighted by Crippen LogP contribution is -2.36. The van der Waals surface area contributed by atoms with Crippen LogP contribution >= 0.6 is 39.1 Å². The van der Waals surface area contributed by atoms with E-state index >= 15 is 0 Å².